The minimum Gasteiger partial charge on any atom is -0.493 e. The summed E-state index contributed by atoms with van der Waals surface area (Å²) < 4.78 is 16.5. The molecule has 1 heterocycles. The molecule has 1 fully saturated rings. The first-order chi connectivity index (χ1) is 13.6. The van der Waals surface area contributed by atoms with Crippen LogP contribution < -0.4 is 20.1 Å². The van der Waals surface area contributed by atoms with Gasteiger partial charge in [0.2, 0.25) is 0 Å². The van der Waals surface area contributed by atoms with Crippen LogP contribution in [0.2, 0.25) is 5.02 Å². The average molecular weight is 542 g/mol. The highest BCUT2D eigenvalue weighted by Crippen LogP contribution is 2.36. The van der Waals surface area contributed by atoms with Crippen molar-refractivity contribution in [3.05, 3.63) is 22.7 Å². The Morgan fingerprint density at radius 1 is 1.34 bits per heavy atom. The fourth-order valence-corrected chi connectivity index (χ4v) is 3.53. The molecule has 1 atom stereocenters. The smallest absolute Gasteiger partial charge is 0.191 e. The van der Waals surface area contributed by atoms with Crippen LogP contribution >= 0.6 is 35.6 Å². The van der Waals surface area contributed by atoms with Gasteiger partial charge in [-0.25, -0.2) is 4.99 Å². The van der Waals surface area contributed by atoms with Crippen molar-refractivity contribution in [3.8, 4) is 11.5 Å². The summed E-state index contributed by atoms with van der Waals surface area (Å²) in [5.74, 6) is 1.87. The van der Waals surface area contributed by atoms with Crippen molar-refractivity contribution in [2.24, 2.45) is 10.4 Å². The van der Waals surface area contributed by atoms with Crippen LogP contribution in [0.25, 0.3) is 0 Å². The number of rotatable bonds is 10. The van der Waals surface area contributed by atoms with Gasteiger partial charge in [0, 0.05) is 31.7 Å². The van der Waals surface area contributed by atoms with E-state index < -0.39 is 0 Å². The number of halogens is 2. The molecule has 0 aliphatic carbocycles. The summed E-state index contributed by atoms with van der Waals surface area (Å²) in [6.45, 7) is 7.89. The first-order valence-electron chi connectivity index (χ1n) is 9.77. The molecule has 3 N–H and O–H groups in total. The number of aliphatic hydroxyl groups is 1. The van der Waals surface area contributed by atoms with Gasteiger partial charge in [0.15, 0.2) is 17.5 Å². The van der Waals surface area contributed by atoms with Gasteiger partial charge in [-0.2, -0.15) is 0 Å². The number of benzene rings is 1. The summed E-state index contributed by atoms with van der Waals surface area (Å²) in [4.78, 5) is 4.66. The molecule has 0 aromatic heterocycles. The van der Waals surface area contributed by atoms with Crippen molar-refractivity contribution in [2.45, 2.75) is 33.2 Å². The zero-order chi connectivity index (χ0) is 20.4. The molecule has 1 unspecified atom stereocenters. The van der Waals surface area contributed by atoms with E-state index in [0.717, 1.165) is 31.1 Å². The maximum atomic E-state index is 9.38. The molecule has 1 aromatic rings. The average Bonchev–Trinajstić information content (AvgIpc) is 3.15. The van der Waals surface area contributed by atoms with Gasteiger partial charge in [0.1, 0.15) is 0 Å². The zero-order valence-corrected chi connectivity index (χ0v) is 20.5. The molecule has 1 saturated heterocycles. The Morgan fingerprint density at radius 3 is 2.72 bits per heavy atom. The molecule has 7 nitrogen and oxygen atoms in total. The Morgan fingerprint density at radius 2 is 2.14 bits per heavy atom. The predicted octanol–water partition coefficient (Wildman–Crippen LogP) is 3.21. The second kappa shape index (κ2) is 13.4. The number of aliphatic imine (C=N–C) groups is 1. The quantitative estimate of drug-likeness (QED) is 0.240. The Balaban J connectivity index is 0.00000420. The van der Waals surface area contributed by atoms with Crippen molar-refractivity contribution >= 4 is 41.5 Å². The van der Waals surface area contributed by atoms with E-state index in [4.69, 9.17) is 25.8 Å². The molecule has 0 amide bonds. The van der Waals surface area contributed by atoms with Crippen LogP contribution in [-0.2, 0) is 11.3 Å². The molecular formula is C20H33ClIN3O4. The van der Waals surface area contributed by atoms with Crippen LogP contribution in [0.3, 0.4) is 0 Å². The van der Waals surface area contributed by atoms with Gasteiger partial charge >= 0.3 is 0 Å². The van der Waals surface area contributed by atoms with Crippen LogP contribution in [0.4, 0.5) is 0 Å². The van der Waals surface area contributed by atoms with E-state index in [0.29, 0.717) is 49.2 Å². The zero-order valence-electron chi connectivity index (χ0n) is 17.4. The van der Waals surface area contributed by atoms with E-state index in [2.05, 4.69) is 15.6 Å². The third-order valence-electron chi connectivity index (χ3n) is 4.80. The number of hydrogen-bond acceptors (Lipinski definition) is 5. The summed E-state index contributed by atoms with van der Waals surface area (Å²) in [6.07, 6.45) is 1.65. The standard InChI is InChI=1S/C20H32ClN3O4.HI/c1-4-22-19(24-13-20(6-8-25)7-9-27-14-20)23-12-15-10-16(21)18(28-5-2)17(11-15)26-3;/h10-11,25H,4-9,12-14H2,1-3H3,(H2,22,23,24);1H. The monoisotopic (exact) mass is 541 g/mol. The van der Waals surface area contributed by atoms with E-state index in [9.17, 15) is 5.11 Å². The van der Waals surface area contributed by atoms with E-state index in [1.54, 1.807) is 7.11 Å². The highest BCUT2D eigenvalue weighted by Gasteiger charge is 2.34. The number of methoxy groups -OCH3 is 1. The van der Waals surface area contributed by atoms with Crippen molar-refractivity contribution < 1.29 is 19.3 Å². The molecule has 0 bridgehead atoms. The summed E-state index contributed by atoms with van der Waals surface area (Å²) in [5, 5.41) is 16.5. The summed E-state index contributed by atoms with van der Waals surface area (Å²) in [7, 11) is 1.59. The fraction of sp³-hybridized carbons (Fsp3) is 0.650. The molecule has 9 heteroatoms. The van der Waals surface area contributed by atoms with E-state index in [1.807, 2.05) is 26.0 Å². The molecule has 2 rings (SSSR count). The minimum atomic E-state index is -0.0450. The lowest BCUT2D eigenvalue weighted by Crippen LogP contribution is -2.44. The SMILES string of the molecule is CCNC(=NCc1cc(Cl)c(OCC)c(OC)c1)NCC1(CCO)CCOC1.I. The maximum absolute atomic E-state index is 9.38. The van der Waals surface area contributed by atoms with Crippen molar-refractivity contribution in [1.82, 2.24) is 10.6 Å². The van der Waals surface area contributed by atoms with E-state index >= 15 is 0 Å². The maximum Gasteiger partial charge on any atom is 0.191 e. The lowest BCUT2D eigenvalue weighted by atomic mass is 9.84. The highest BCUT2D eigenvalue weighted by atomic mass is 127. The number of guanidine groups is 1. The number of nitrogens with one attached hydrogen (secondary N) is 2. The minimum absolute atomic E-state index is 0. The molecular weight excluding hydrogens is 509 g/mol. The van der Waals surface area contributed by atoms with E-state index in [1.165, 1.54) is 0 Å². The third kappa shape index (κ3) is 7.66. The lowest BCUT2D eigenvalue weighted by molar-refractivity contribution is 0.127. The molecule has 0 radical (unpaired) electrons. The van der Waals surface area contributed by atoms with Gasteiger partial charge in [-0.1, -0.05) is 11.6 Å². The van der Waals surface area contributed by atoms with Gasteiger partial charge in [-0.05, 0) is 44.4 Å². The second-order valence-corrected chi connectivity index (χ2v) is 7.27. The molecule has 1 aliphatic rings. The van der Waals surface area contributed by atoms with Gasteiger partial charge < -0.3 is 30.0 Å². The van der Waals surface area contributed by atoms with Gasteiger partial charge in [0.25, 0.3) is 0 Å². The first kappa shape index (κ1) is 26.1. The molecule has 1 aliphatic heterocycles. The van der Waals surface area contributed by atoms with Crippen LogP contribution in [-0.4, -0.2) is 57.7 Å². The van der Waals surface area contributed by atoms with Crippen LogP contribution in [0.15, 0.2) is 17.1 Å². The number of hydrogen-bond donors (Lipinski definition) is 3. The van der Waals surface area contributed by atoms with E-state index in [-0.39, 0.29) is 36.0 Å². The second-order valence-electron chi connectivity index (χ2n) is 6.87. The summed E-state index contributed by atoms with van der Waals surface area (Å²) in [5.41, 5.74) is 0.883. The number of ether oxygens (including phenoxy) is 3. The van der Waals surface area contributed by atoms with Gasteiger partial charge in [-0.15, -0.1) is 24.0 Å². The number of nitrogens with zero attached hydrogens (tertiary/aromatic N) is 1. The van der Waals surface area contributed by atoms with Crippen LogP contribution in [0, 0.1) is 5.41 Å². The molecule has 1 aromatic carbocycles. The predicted molar refractivity (Wildman–Crippen MR) is 127 cm³/mol. The van der Waals surface area contributed by atoms with Crippen LogP contribution in [0.1, 0.15) is 32.3 Å². The van der Waals surface area contributed by atoms with Gasteiger partial charge in [0.05, 0.1) is 31.9 Å². The van der Waals surface area contributed by atoms with Crippen molar-refractivity contribution in [3.63, 3.8) is 0 Å². The Bertz CT molecular complexity index is 655. The molecule has 0 spiro atoms. The fourth-order valence-electron chi connectivity index (χ4n) is 3.24. The Kier molecular flexibility index (Phi) is 12.0. The highest BCUT2D eigenvalue weighted by molar-refractivity contribution is 14.0. The largest absolute Gasteiger partial charge is 0.493 e. The topological polar surface area (TPSA) is 84.3 Å². The molecule has 0 saturated carbocycles. The van der Waals surface area contributed by atoms with Crippen LogP contribution in [0.5, 0.6) is 11.5 Å². The molecule has 29 heavy (non-hydrogen) atoms. The van der Waals surface area contributed by atoms with Gasteiger partial charge in [-0.3, -0.25) is 0 Å². The normalized spacial score (nSPS) is 18.9. The Labute approximate surface area is 195 Å². The first-order valence-corrected chi connectivity index (χ1v) is 10.1. The Hall–Kier alpha value is -0.970. The summed E-state index contributed by atoms with van der Waals surface area (Å²) >= 11 is 6.35. The number of aliphatic hydroxyl groups excluding tert-OH is 1. The third-order valence-corrected chi connectivity index (χ3v) is 5.08. The lowest BCUT2D eigenvalue weighted by Gasteiger charge is -2.27. The summed E-state index contributed by atoms with van der Waals surface area (Å²) in [6, 6.07) is 3.74. The van der Waals surface area contributed by atoms with Crippen molar-refractivity contribution in [2.75, 3.05) is 46.6 Å². The van der Waals surface area contributed by atoms with Crippen molar-refractivity contribution in [1.29, 1.82) is 0 Å². The molecule has 166 valence electrons.